The molecule has 2 nitrogen and oxygen atoms in total. The summed E-state index contributed by atoms with van der Waals surface area (Å²) in [6.45, 7) is 13.3. The molecule has 1 saturated carbocycles. The molecular weight excluding hydrogens is 400 g/mol. The number of benzene rings is 2. The number of nitrogens with zero attached hydrogens (tertiary/aromatic N) is 2. The molecule has 3 aliphatic rings. The number of rotatable bonds is 2. The van der Waals surface area contributed by atoms with Gasteiger partial charge in [0.1, 0.15) is 0 Å². The number of hydrogen-bond donors (Lipinski definition) is 0. The second-order valence-corrected chi connectivity index (χ2v) is 12.2. The molecule has 33 heavy (non-hydrogen) atoms. The van der Waals surface area contributed by atoms with Crippen LogP contribution in [-0.4, -0.2) is 0 Å². The third-order valence-electron chi connectivity index (χ3n) is 8.32. The number of hydrogen-bond acceptors (Lipinski definition) is 2. The van der Waals surface area contributed by atoms with Gasteiger partial charge in [0.2, 0.25) is 0 Å². The largest absolute Gasteiger partial charge is 0.197 e. The first-order valence-electron chi connectivity index (χ1n) is 12.0. The van der Waals surface area contributed by atoms with E-state index >= 15 is 0 Å². The molecule has 0 heterocycles. The quantitative estimate of drug-likeness (QED) is 0.503. The highest BCUT2D eigenvalue weighted by Gasteiger charge is 2.79. The van der Waals surface area contributed by atoms with Crippen molar-refractivity contribution in [3.05, 3.63) is 88.5 Å². The molecule has 0 spiro atoms. The van der Waals surface area contributed by atoms with E-state index in [-0.39, 0.29) is 22.7 Å². The highest BCUT2D eigenvalue weighted by Crippen LogP contribution is 2.78. The average Bonchev–Trinajstić information content (AvgIpc) is 3.42. The minimum Gasteiger partial charge on any atom is -0.197 e. The van der Waals surface area contributed by atoms with Crippen LogP contribution in [0.3, 0.4) is 0 Å². The van der Waals surface area contributed by atoms with Crippen LogP contribution in [-0.2, 0) is 16.2 Å². The molecule has 2 aromatic rings. The Kier molecular flexibility index (Phi) is 4.42. The highest BCUT2D eigenvalue weighted by molar-refractivity contribution is 5.80. The molecule has 0 N–H and O–H groups in total. The first-order chi connectivity index (χ1) is 15.5. The molecule has 2 heteroatoms. The normalized spacial score (nSPS) is 29.9. The topological polar surface area (TPSA) is 47.6 Å². The van der Waals surface area contributed by atoms with Crippen LogP contribution in [0.2, 0.25) is 0 Å². The third-order valence-corrected chi connectivity index (χ3v) is 8.32. The molecule has 0 saturated heterocycles. The summed E-state index contributed by atoms with van der Waals surface area (Å²) in [5, 5.41) is 20.6. The maximum absolute atomic E-state index is 10.5. The monoisotopic (exact) mass is 432 g/mol. The van der Waals surface area contributed by atoms with Crippen molar-refractivity contribution in [2.24, 2.45) is 17.3 Å². The minimum atomic E-state index is -0.580. The van der Waals surface area contributed by atoms with Crippen LogP contribution in [0.1, 0.15) is 70.2 Å². The van der Waals surface area contributed by atoms with E-state index in [0.29, 0.717) is 0 Å². The highest BCUT2D eigenvalue weighted by atomic mass is 14.8. The molecule has 0 amide bonds. The smallest absolute Gasteiger partial charge is 0.0950 e. The van der Waals surface area contributed by atoms with Crippen molar-refractivity contribution < 1.29 is 0 Å². The van der Waals surface area contributed by atoms with Crippen molar-refractivity contribution in [2.45, 2.75) is 64.2 Å². The number of allylic oxidation sites excluding steroid dienone is 4. The predicted octanol–water partition coefficient (Wildman–Crippen LogP) is 7.23. The SMILES string of the molecule is CC(C)(C)c1ccc(C2=CC3(C#N)C4CC2C(C#N)=CC43c2ccc(C(C)(C)C)cc2)cc1. The van der Waals surface area contributed by atoms with Gasteiger partial charge in [0, 0.05) is 16.9 Å². The van der Waals surface area contributed by atoms with Gasteiger partial charge in [-0.1, -0.05) is 102 Å². The fourth-order valence-electron chi connectivity index (χ4n) is 6.29. The summed E-state index contributed by atoms with van der Waals surface area (Å²) < 4.78 is 0. The van der Waals surface area contributed by atoms with Gasteiger partial charge in [-0.2, -0.15) is 10.5 Å². The van der Waals surface area contributed by atoms with Crippen LogP contribution in [0, 0.1) is 39.9 Å². The Balaban J connectivity index is 1.63. The summed E-state index contributed by atoms with van der Waals surface area (Å²) in [7, 11) is 0. The Morgan fingerprint density at radius 3 is 1.82 bits per heavy atom. The molecule has 1 fully saturated rings. The third kappa shape index (κ3) is 2.90. The van der Waals surface area contributed by atoms with Gasteiger partial charge in [-0.15, -0.1) is 0 Å². The van der Waals surface area contributed by atoms with Crippen molar-refractivity contribution in [1.82, 2.24) is 0 Å². The first kappa shape index (κ1) is 21.7. The van der Waals surface area contributed by atoms with Gasteiger partial charge in [0.15, 0.2) is 0 Å². The van der Waals surface area contributed by atoms with Gasteiger partial charge < -0.3 is 0 Å². The van der Waals surface area contributed by atoms with Crippen molar-refractivity contribution in [3.63, 3.8) is 0 Å². The van der Waals surface area contributed by atoms with Gasteiger partial charge in [0.25, 0.3) is 0 Å². The summed E-state index contributed by atoms with van der Waals surface area (Å²) >= 11 is 0. The van der Waals surface area contributed by atoms with Crippen LogP contribution in [0.4, 0.5) is 0 Å². The molecule has 3 aliphatic carbocycles. The molecule has 0 aliphatic heterocycles. The summed E-state index contributed by atoms with van der Waals surface area (Å²) in [4.78, 5) is 0. The van der Waals surface area contributed by atoms with E-state index in [9.17, 15) is 10.5 Å². The van der Waals surface area contributed by atoms with E-state index in [1.54, 1.807) is 0 Å². The standard InChI is InChI=1S/C31H32N2/c1-28(2,3)22-9-7-20(8-10-22)26-17-30(19-33)27-15-25(26)21(18-32)16-31(27,30)24-13-11-23(12-14-24)29(4,5)6/h7-14,16-17,25,27H,15H2,1-6H3. The van der Waals surface area contributed by atoms with Gasteiger partial charge >= 0.3 is 0 Å². The molecule has 5 rings (SSSR count). The lowest BCUT2D eigenvalue weighted by molar-refractivity contribution is 0.533. The van der Waals surface area contributed by atoms with Crippen LogP contribution >= 0.6 is 0 Å². The Morgan fingerprint density at radius 2 is 1.33 bits per heavy atom. The van der Waals surface area contributed by atoms with Crippen molar-refractivity contribution in [1.29, 1.82) is 10.5 Å². The Hall–Kier alpha value is -3.10. The molecule has 4 unspecified atom stereocenters. The van der Waals surface area contributed by atoms with Crippen LogP contribution < -0.4 is 0 Å². The van der Waals surface area contributed by atoms with E-state index in [1.165, 1.54) is 11.1 Å². The van der Waals surface area contributed by atoms with Crippen LogP contribution in [0.25, 0.3) is 5.57 Å². The maximum Gasteiger partial charge on any atom is 0.0950 e. The Morgan fingerprint density at radius 1 is 0.788 bits per heavy atom. The lowest BCUT2D eigenvalue weighted by atomic mass is 9.74. The summed E-state index contributed by atoms with van der Waals surface area (Å²) in [6, 6.07) is 22.7. The molecule has 166 valence electrons. The van der Waals surface area contributed by atoms with E-state index in [0.717, 1.165) is 28.7 Å². The Labute approximate surface area is 198 Å². The maximum atomic E-state index is 10.5. The summed E-state index contributed by atoms with van der Waals surface area (Å²) in [5.74, 6) is 0.307. The minimum absolute atomic E-state index is 0.0754. The summed E-state index contributed by atoms with van der Waals surface area (Å²) in [6.07, 6.45) is 5.23. The van der Waals surface area contributed by atoms with Gasteiger partial charge in [-0.3, -0.25) is 0 Å². The molecule has 2 bridgehead atoms. The van der Waals surface area contributed by atoms with E-state index in [1.807, 2.05) is 0 Å². The lowest BCUT2D eigenvalue weighted by Crippen LogP contribution is -2.19. The number of nitriles is 2. The number of fused-ring (bicyclic) bond motifs is 2. The summed E-state index contributed by atoms with van der Waals surface area (Å²) in [5.41, 5.74) is 6.02. The molecule has 0 radical (unpaired) electrons. The Bertz CT molecular complexity index is 1260. The predicted molar refractivity (Wildman–Crippen MR) is 133 cm³/mol. The molecular formula is C31H32N2. The van der Waals surface area contributed by atoms with Crippen molar-refractivity contribution in [3.8, 4) is 12.1 Å². The fourth-order valence-corrected chi connectivity index (χ4v) is 6.29. The van der Waals surface area contributed by atoms with Gasteiger partial charge in [0.05, 0.1) is 17.6 Å². The molecule has 2 aromatic carbocycles. The zero-order valence-electron chi connectivity index (χ0n) is 20.5. The zero-order chi connectivity index (χ0) is 23.8. The van der Waals surface area contributed by atoms with Crippen molar-refractivity contribution >= 4 is 5.57 Å². The molecule has 4 atom stereocenters. The van der Waals surface area contributed by atoms with Gasteiger partial charge in [-0.25, -0.2) is 0 Å². The zero-order valence-corrected chi connectivity index (χ0v) is 20.5. The van der Waals surface area contributed by atoms with E-state index in [2.05, 4.69) is 114 Å². The lowest BCUT2D eigenvalue weighted by Gasteiger charge is -2.28. The second-order valence-electron chi connectivity index (χ2n) is 12.2. The first-order valence-corrected chi connectivity index (χ1v) is 12.0. The second kappa shape index (κ2) is 6.71. The fraction of sp³-hybridized carbons (Fsp3) is 0.419. The average molecular weight is 433 g/mol. The van der Waals surface area contributed by atoms with Crippen molar-refractivity contribution in [2.75, 3.05) is 0 Å². The van der Waals surface area contributed by atoms with Crippen LogP contribution in [0.5, 0.6) is 0 Å². The molecule has 0 aromatic heterocycles. The van der Waals surface area contributed by atoms with E-state index < -0.39 is 10.8 Å². The van der Waals surface area contributed by atoms with Crippen LogP contribution in [0.15, 0.2) is 66.3 Å². The van der Waals surface area contributed by atoms with Gasteiger partial charge in [-0.05, 0) is 51.0 Å². The van der Waals surface area contributed by atoms with E-state index in [4.69, 9.17) is 0 Å².